The van der Waals surface area contributed by atoms with Gasteiger partial charge in [0.05, 0.1) is 0 Å². The summed E-state index contributed by atoms with van der Waals surface area (Å²) in [7, 11) is -12.0. The maximum absolute atomic E-state index is 9.75. The van der Waals surface area contributed by atoms with Gasteiger partial charge in [0.25, 0.3) is 0 Å². The third kappa shape index (κ3) is 15.4. The second kappa shape index (κ2) is 14.1. The molecule has 31 heavy (non-hydrogen) atoms. The van der Waals surface area contributed by atoms with Gasteiger partial charge in [-0.05, 0) is 75.7 Å². The summed E-state index contributed by atoms with van der Waals surface area (Å²) in [6.45, 7) is 11.0. The number of halogens is 8. The van der Waals surface area contributed by atoms with Gasteiger partial charge >= 0.3 is 14.5 Å². The quantitative estimate of drug-likeness (QED) is 0.199. The van der Waals surface area contributed by atoms with Gasteiger partial charge in [-0.15, -0.1) is 0 Å². The first-order valence-corrected chi connectivity index (χ1v) is 9.53. The number of rotatable bonds is 0. The molecule has 2 aliphatic rings. The summed E-state index contributed by atoms with van der Waals surface area (Å²) in [4.78, 5) is 0. The van der Waals surface area contributed by atoms with Crippen LogP contribution in [-0.4, -0.2) is 14.5 Å². The van der Waals surface area contributed by atoms with Gasteiger partial charge in [0.2, 0.25) is 0 Å². The minimum atomic E-state index is -6.00. The summed E-state index contributed by atoms with van der Waals surface area (Å²) >= 11 is 0. The molecule has 1 aromatic carbocycles. The van der Waals surface area contributed by atoms with Crippen LogP contribution >= 0.6 is 0 Å². The Morgan fingerprint density at radius 2 is 0.806 bits per heavy atom. The van der Waals surface area contributed by atoms with Crippen molar-refractivity contribution in [1.82, 2.24) is 0 Å². The van der Waals surface area contributed by atoms with Gasteiger partial charge in [0.15, 0.2) is 0 Å². The van der Waals surface area contributed by atoms with Gasteiger partial charge in [-0.3, -0.25) is 0 Å². The van der Waals surface area contributed by atoms with Gasteiger partial charge in [-0.25, -0.2) is 0 Å². The van der Waals surface area contributed by atoms with E-state index in [0.29, 0.717) is 0 Å². The number of hydrogen-bond donors (Lipinski definition) is 0. The Bertz CT molecular complexity index is 666. The van der Waals surface area contributed by atoms with E-state index in [1.807, 2.05) is 0 Å². The van der Waals surface area contributed by atoms with Crippen molar-refractivity contribution >= 4 is 14.5 Å². The van der Waals surface area contributed by atoms with Gasteiger partial charge in [-0.1, -0.05) is 42.3 Å². The summed E-state index contributed by atoms with van der Waals surface area (Å²) in [5, 5.41) is 0. The molecule has 0 unspecified atom stereocenters. The van der Waals surface area contributed by atoms with Crippen molar-refractivity contribution < 1.29 is 54.6 Å². The van der Waals surface area contributed by atoms with Crippen LogP contribution in [0.15, 0.2) is 46.6 Å². The first kappa shape index (κ1) is 32.1. The normalized spacial score (nSPS) is 16.0. The summed E-state index contributed by atoms with van der Waals surface area (Å²) in [5.41, 5.74) is 9.03. The Kier molecular flexibility index (Phi) is 14.6. The zero-order valence-electron chi connectivity index (χ0n) is 18.1. The van der Waals surface area contributed by atoms with E-state index in [-0.39, 0.29) is 20.1 Å². The Labute approximate surface area is 193 Å². The Morgan fingerprint density at radius 1 is 0.548 bits per heavy atom. The van der Waals surface area contributed by atoms with Gasteiger partial charge in [0, 0.05) is 26.0 Å². The molecule has 0 heterocycles. The average molecular weight is 633 g/mol. The summed E-state index contributed by atoms with van der Waals surface area (Å²) in [6, 6.07) is 8.80. The van der Waals surface area contributed by atoms with Gasteiger partial charge in [0.1, 0.15) is 0 Å². The predicted molar refractivity (Wildman–Crippen MR) is 109 cm³/mol. The van der Waals surface area contributed by atoms with E-state index < -0.39 is 14.5 Å². The van der Waals surface area contributed by atoms with Crippen molar-refractivity contribution in [1.29, 1.82) is 0 Å². The number of fused-ring (bicyclic) bond motifs is 1. The van der Waals surface area contributed by atoms with Crippen molar-refractivity contribution in [2.45, 2.75) is 60.3 Å². The molecule has 0 saturated heterocycles. The molecular weight excluding hydrogens is 606 g/mol. The molecule has 2 radical (unpaired) electrons. The molecule has 0 nitrogen and oxygen atoms in total. The Morgan fingerprint density at radius 3 is 1.00 bits per heavy atom. The van der Waals surface area contributed by atoms with Crippen LogP contribution in [0.2, 0.25) is 0 Å². The molecule has 0 fully saturated rings. The molecule has 0 N–H and O–H groups in total. The number of aryl methyl sites for hydroxylation is 2. The zero-order valence-corrected chi connectivity index (χ0v) is 20.5. The topological polar surface area (TPSA) is 0 Å². The molecule has 180 valence electrons. The molecule has 11 heteroatoms. The third-order valence-corrected chi connectivity index (χ3v) is 5.07. The number of allylic oxidation sites excluding steroid dienone is 4. The minimum absolute atomic E-state index is 0. The molecule has 0 aliphatic heterocycles. The van der Waals surface area contributed by atoms with Crippen LogP contribution in [0.5, 0.6) is 0 Å². The van der Waals surface area contributed by atoms with Crippen molar-refractivity contribution in [2.24, 2.45) is 0 Å². The fourth-order valence-corrected chi connectivity index (χ4v) is 3.08. The molecule has 3 rings (SSSR count). The van der Waals surface area contributed by atoms with Crippen molar-refractivity contribution in [2.75, 3.05) is 0 Å². The fraction of sp³-hybridized carbons (Fsp3) is 0.450. The second-order valence-corrected chi connectivity index (χ2v) is 7.09. The third-order valence-electron chi connectivity index (χ3n) is 5.07. The van der Waals surface area contributed by atoms with E-state index in [0.717, 1.165) is 0 Å². The molecule has 0 atom stereocenters. The van der Waals surface area contributed by atoms with Crippen LogP contribution in [0.3, 0.4) is 0 Å². The van der Waals surface area contributed by atoms with Crippen LogP contribution in [0.4, 0.5) is 34.5 Å². The molecule has 0 saturated carbocycles. The van der Waals surface area contributed by atoms with Crippen LogP contribution in [-0.2, 0) is 32.9 Å². The van der Waals surface area contributed by atoms with Crippen molar-refractivity contribution in [3.8, 4) is 0 Å². The van der Waals surface area contributed by atoms with Crippen LogP contribution in [0.1, 0.15) is 58.6 Å². The van der Waals surface area contributed by atoms with Crippen molar-refractivity contribution in [3.05, 3.63) is 63.6 Å². The number of hydrogen-bond acceptors (Lipinski definition) is 0. The molecule has 1 aromatic rings. The maximum atomic E-state index is 9.75. The molecule has 0 aromatic heterocycles. The average Bonchev–Trinajstić information content (AvgIpc) is 2.77. The van der Waals surface area contributed by atoms with E-state index in [9.17, 15) is 34.5 Å². The molecule has 0 bridgehead atoms. The maximum Gasteiger partial charge on any atom is 0.673 e. The minimum Gasteiger partial charge on any atom is -0.418 e. The molecule has 2 aliphatic carbocycles. The standard InChI is InChI=1S/C10H12.C10H15.2BF4.Ir/c1-2-6-10-8-4-3-7-9(10)5-1;1-6-7(2)9(4)10(5)8(6)3;2*2-1(3,4)5;/h1-2,5-6H,3-4,7-8H2;1-5H3;;;/q;;2*-1;. The smallest absolute Gasteiger partial charge is 0.418 e. The van der Waals surface area contributed by atoms with Crippen LogP contribution < -0.4 is 0 Å². The SMILES string of the molecule is C[C]1C(C)=C(C)C(C)=C1C.F[B-](F)(F)F.F[B-](F)(F)F.[Ir].c1ccc2c(c1)CCCC2. The summed E-state index contributed by atoms with van der Waals surface area (Å²) < 4.78 is 78.0. The van der Waals surface area contributed by atoms with E-state index in [1.54, 1.807) is 11.1 Å². The van der Waals surface area contributed by atoms with Gasteiger partial charge < -0.3 is 34.5 Å². The second-order valence-electron chi connectivity index (χ2n) is 7.09. The largest absolute Gasteiger partial charge is 0.673 e. The molecule has 0 amide bonds. The summed E-state index contributed by atoms with van der Waals surface area (Å²) in [6.07, 6.45) is 5.38. The van der Waals surface area contributed by atoms with Gasteiger partial charge in [-0.2, -0.15) is 0 Å². The van der Waals surface area contributed by atoms with E-state index in [1.165, 1.54) is 53.9 Å². The van der Waals surface area contributed by atoms with Crippen LogP contribution in [0.25, 0.3) is 0 Å². The monoisotopic (exact) mass is 634 g/mol. The Hall–Kier alpha value is -1.08. The van der Waals surface area contributed by atoms with E-state index in [4.69, 9.17) is 0 Å². The predicted octanol–water partition coefficient (Wildman–Crippen LogP) is 8.43. The van der Waals surface area contributed by atoms with E-state index >= 15 is 0 Å². The first-order valence-electron chi connectivity index (χ1n) is 9.53. The first-order chi connectivity index (χ1) is 13.5. The van der Waals surface area contributed by atoms with Crippen LogP contribution in [0, 0.1) is 5.92 Å². The number of benzene rings is 1. The zero-order chi connectivity index (χ0) is 23.7. The fourth-order valence-electron chi connectivity index (χ4n) is 3.08. The van der Waals surface area contributed by atoms with Crippen molar-refractivity contribution in [3.63, 3.8) is 0 Å². The molecule has 0 spiro atoms. The van der Waals surface area contributed by atoms with E-state index in [2.05, 4.69) is 58.9 Å². The molecular formula is C20H27B2F8Ir-2. The Balaban J connectivity index is 0. The summed E-state index contributed by atoms with van der Waals surface area (Å²) in [5.74, 6) is 1.47.